The zero-order valence-electron chi connectivity index (χ0n) is 12.3. The van der Waals surface area contributed by atoms with Gasteiger partial charge in [-0.3, -0.25) is 4.79 Å². The summed E-state index contributed by atoms with van der Waals surface area (Å²) in [5.74, 6) is -0.979. The van der Waals surface area contributed by atoms with Gasteiger partial charge in [0.05, 0.1) is 12.5 Å². The molecule has 0 radical (unpaired) electrons. The predicted octanol–water partition coefficient (Wildman–Crippen LogP) is 3.04. The monoisotopic (exact) mass is 279 g/mol. The largest absolute Gasteiger partial charge is 0.481 e. The topological polar surface area (TPSA) is 75.6 Å². The highest BCUT2D eigenvalue weighted by Gasteiger charge is 2.22. The number of carboxylic acid groups (broad SMARTS) is 1. The average Bonchev–Trinajstić information content (AvgIpc) is 2.24. The number of amides is 1. The molecule has 0 aliphatic heterocycles. The molecule has 1 aromatic carbocycles. The summed E-state index contributed by atoms with van der Waals surface area (Å²) < 4.78 is 5.16. The molecule has 0 aliphatic rings. The second kappa shape index (κ2) is 6.41. The quantitative estimate of drug-likeness (QED) is 0.888. The molecular weight excluding hydrogens is 258 g/mol. The SMILES string of the molecule is Cc1cccc(C(CC(=O)O)NC(=O)OC(C)(C)C)c1. The van der Waals surface area contributed by atoms with Gasteiger partial charge in [0.15, 0.2) is 0 Å². The molecule has 2 N–H and O–H groups in total. The van der Waals surface area contributed by atoms with Crippen molar-refractivity contribution in [2.24, 2.45) is 0 Å². The lowest BCUT2D eigenvalue weighted by molar-refractivity contribution is -0.137. The maximum atomic E-state index is 11.8. The van der Waals surface area contributed by atoms with Crippen LogP contribution in [0.3, 0.4) is 0 Å². The minimum atomic E-state index is -0.979. The van der Waals surface area contributed by atoms with Gasteiger partial charge in [0.1, 0.15) is 5.60 Å². The highest BCUT2D eigenvalue weighted by Crippen LogP contribution is 2.19. The van der Waals surface area contributed by atoms with Gasteiger partial charge in [-0.25, -0.2) is 4.79 Å². The van der Waals surface area contributed by atoms with Crippen LogP contribution in [0.1, 0.15) is 44.4 Å². The summed E-state index contributed by atoms with van der Waals surface area (Å²) in [6.45, 7) is 7.18. The molecular formula is C15H21NO4. The van der Waals surface area contributed by atoms with Crippen molar-refractivity contribution in [3.05, 3.63) is 35.4 Å². The Hall–Kier alpha value is -2.04. The fourth-order valence-electron chi connectivity index (χ4n) is 1.76. The third-order valence-corrected chi connectivity index (χ3v) is 2.51. The van der Waals surface area contributed by atoms with Gasteiger partial charge < -0.3 is 15.2 Å². The van der Waals surface area contributed by atoms with E-state index in [0.29, 0.717) is 0 Å². The maximum absolute atomic E-state index is 11.8. The van der Waals surface area contributed by atoms with Crippen LogP contribution in [0, 0.1) is 6.92 Å². The van der Waals surface area contributed by atoms with Crippen LogP contribution in [0.4, 0.5) is 4.79 Å². The molecule has 1 rings (SSSR count). The number of nitrogens with one attached hydrogen (secondary N) is 1. The number of carboxylic acids is 1. The van der Waals surface area contributed by atoms with E-state index in [1.807, 2.05) is 25.1 Å². The lowest BCUT2D eigenvalue weighted by Crippen LogP contribution is -2.35. The van der Waals surface area contributed by atoms with Crippen LogP contribution < -0.4 is 5.32 Å². The summed E-state index contributed by atoms with van der Waals surface area (Å²) in [4.78, 5) is 22.7. The highest BCUT2D eigenvalue weighted by atomic mass is 16.6. The number of benzene rings is 1. The summed E-state index contributed by atoms with van der Waals surface area (Å²) in [5, 5.41) is 11.6. The smallest absolute Gasteiger partial charge is 0.408 e. The van der Waals surface area contributed by atoms with Crippen LogP contribution >= 0.6 is 0 Å². The van der Waals surface area contributed by atoms with E-state index in [9.17, 15) is 9.59 Å². The summed E-state index contributed by atoms with van der Waals surface area (Å²) in [7, 11) is 0. The second-order valence-electron chi connectivity index (χ2n) is 5.71. The van der Waals surface area contributed by atoms with Gasteiger partial charge >= 0.3 is 12.1 Å². The summed E-state index contributed by atoms with van der Waals surface area (Å²) >= 11 is 0. The van der Waals surface area contributed by atoms with E-state index in [2.05, 4.69) is 5.32 Å². The molecule has 110 valence electrons. The van der Waals surface area contributed by atoms with E-state index in [1.54, 1.807) is 26.8 Å². The van der Waals surface area contributed by atoms with Crippen LogP contribution in [0.25, 0.3) is 0 Å². The van der Waals surface area contributed by atoms with Crippen molar-refractivity contribution < 1.29 is 19.4 Å². The first kappa shape index (κ1) is 16.0. The van der Waals surface area contributed by atoms with Crippen molar-refractivity contribution >= 4 is 12.1 Å². The minimum Gasteiger partial charge on any atom is -0.481 e. The molecule has 1 amide bonds. The second-order valence-corrected chi connectivity index (χ2v) is 5.71. The minimum absolute atomic E-state index is 0.192. The molecule has 1 aromatic rings. The normalized spacial score (nSPS) is 12.6. The number of rotatable bonds is 4. The third-order valence-electron chi connectivity index (χ3n) is 2.51. The predicted molar refractivity (Wildman–Crippen MR) is 75.5 cm³/mol. The Kier molecular flexibility index (Phi) is 5.13. The maximum Gasteiger partial charge on any atom is 0.408 e. The van der Waals surface area contributed by atoms with E-state index in [-0.39, 0.29) is 6.42 Å². The molecule has 0 bridgehead atoms. The van der Waals surface area contributed by atoms with Gasteiger partial charge in [-0.05, 0) is 33.3 Å². The average molecular weight is 279 g/mol. The zero-order valence-corrected chi connectivity index (χ0v) is 12.3. The van der Waals surface area contributed by atoms with E-state index in [4.69, 9.17) is 9.84 Å². The first-order valence-corrected chi connectivity index (χ1v) is 6.45. The molecule has 1 atom stereocenters. The molecule has 20 heavy (non-hydrogen) atoms. The van der Waals surface area contributed by atoms with Crippen LogP contribution in [0.2, 0.25) is 0 Å². The summed E-state index contributed by atoms with van der Waals surface area (Å²) in [6, 6.07) is 6.77. The van der Waals surface area contributed by atoms with Crippen LogP contribution in [0.15, 0.2) is 24.3 Å². The standard InChI is InChI=1S/C15H21NO4/c1-10-6-5-7-11(8-10)12(9-13(17)18)16-14(19)20-15(2,3)4/h5-8,12H,9H2,1-4H3,(H,16,19)(H,17,18). The Morgan fingerprint density at radius 1 is 1.35 bits per heavy atom. The Bertz CT molecular complexity index is 491. The first-order chi connectivity index (χ1) is 9.17. The van der Waals surface area contributed by atoms with Crippen LogP contribution in [-0.2, 0) is 9.53 Å². The van der Waals surface area contributed by atoms with E-state index in [0.717, 1.165) is 11.1 Å². The lowest BCUT2D eigenvalue weighted by atomic mass is 10.0. The van der Waals surface area contributed by atoms with Crippen molar-refractivity contribution in [3.63, 3.8) is 0 Å². The molecule has 0 heterocycles. The summed E-state index contributed by atoms with van der Waals surface area (Å²) in [5.41, 5.74) is 1.13. The molecule has 5 nitrogen and oxygen atoms in total. The van der Waals surface area contributed by atoms with Gasteiger partial charge in [-0.15, -0.1) is 0 Å². The first-order valence-electron chi connectivity index (χ1n) is 6.45. The number of ether oxygens (including phenoxy) is 1. The molecule has 0 saturated carbocycles. The Morgan fingerprint density at radius 2 is 2.00 bits per heavy atom. The van der Waals surface area contributed by atoms with Crippen LogP contribution in [-0.4, -0.2) is 22.8 Å². The molecule has 5 heteroatoms. The van der Waals surface area contributed by atoms with Crippen molar-refractivity contribution in [2.45, 2.75) is 45.8 Å². The Morgan fingerprint density at radius 3 is 2.50 bits per heavy atom. The Labute approximate surface area is 118 Å². The molecule has 0 aliphatic carbocycles. The number of hydrogen-bond donors (Lipinski definition) is 2. The lowest BCUT2D eigenvalue weighted by Gasteiger charge is -2.23. The molecule has 0 spiro atoms. The highest BCUT2D eigenvalue weighted by molar-refractivity contribution is 5.72. The van der Waals surface area contributed by atoms with E-state index < -0.39 is 23.7 Å². The summed E-state index contributed by atoms with van der Waals surface area (Å²) in [6.07, 6.45) is -0.812. The van der Waals surface area contributed by atoms with E-state index in [1.165, 1.54) is 0 Å². The number of aryl methyl sites for hydroxylation is 1. The van der Waals surface area contributed by atoms with E-state index >= 15 is 0 Å². The fraction of sp³-hybridized carbons (Fsp3) is 0.467. The van der Waals surface area contributed by atoms with Gasteiger partial charge in [0, 0.05) is 0 Å². The fourth-order valence-corrected chi connectivity index (χ4v) is 1.76. The number of carbonyl (C=O) groups is 2. The van der Waals surface area contributed by atoms with Crippen molar-refractivity contribution in [2.75, 3.05) is 0 Å². The molecule has 0 saturated heterocycles. The van der Waals surface area contributed by atoms with Crippen molar-refractivity contribution in [1.29, 1.82) is 0 Å². The number of alkyl carbamates (subject to hydrolysis) is 1. The van der Waals surface area contributed by atoms with Crippen LogP contribution in [0.5, 0.6) is 0 Å². The molecule has 1 unspecified atom stereocenters. The van der Waals surface area contributed by atoms with Crippen molar-refractivity contribution in [1.82, 2.24) is 5.32 Å². The number of aliphatic carboxylic acids is 1. The van der Waals surface area contributed by atoms with Crippen molar-refractivity contribution in [3.8, 4) is 0 Å². The zero-order chi connectivity index (χ0) is 15.3. The van der Waals surface area contributed by atoms with Gasteiger partial charge in [-0.2, -0.15) is 0 Å². The Balaban J connectivity index is 2.85. The third kappa shape index (κ3) is 5.73. The molecule has 0 aromatic heterocycles. The molecule has 0 fully saturated rings. The number of carbonyl (C=O) groups excluding carboxylic acids is 1. The number of hydrogen-bond acceptors (Lipinski definition) is 3. The van der Waals surface area contributed by atoms with Gasteiger partial charge in [0.2, 0.25) is 0 Å². The van der Waals surface area contributed by atoms with Gasteiger partial charge in [-0.1, -0.05) is 29.8 Å². The van der Waals surface area contributed by atoms with Gasteiger partial charge in [0.25, 0.3) is 0 Å².